The lowest BCUT2D eigenvalue weighted by molar-refractivity contribution is -0.153. The van der Waals surface area contributed by atoms with Gasteiger partial charge in [-0.05, 0) is 35.2 Å². The maximum atomic E-state index is 14.7. The van der Waals surface area contributed by atoms with Crippen LogP contribution in [0.15, 0.2) is 66.8 Å². The number of anilines is 1. The third kappa shape index (κ3) is 4.02. The molecule has 0 radical (unpaired) electrons. The van der Waals surface area contributed by atoms with E-state index in [-0.39, 0.29) is 42.2 Å². The molecule has 1 spiro atoms. The maximum Gasteiger partial charge on any atom is 0.311 e. The van der Waals surface area contributed by atoms with Gasteiger partial charge in [0, 0.05) is 17.5 Å². The number of cyclic esters (lactones) is 1. The largest absolute Gasteiger partial charge is 0.465 e. The lowest BCUT2D eigenvalue weighted by Crippen LogP contribution is -2.58. The average molecular weight is 547 g/mol. The van der Waals surface area contributed by atoms with Crippen molar-refractivity contribution in [3.05, 3.63) is 66.8 Å². The van der Waals surface area contributed by atoms with Crippen LogP contribution in [-0.2, 0) is 19.1 Å². The van der Waals surface area contributed by atoms with Crippen molar-refractivity contribution in [1.82, 2.24) is 4.90 Å². The number of hydrogen-bond donors (Lipinski definition) is 1. The molecular weight excluding hydrogens is 512 g/mol. The molecule has 7 atom stereocenters. The number of aliphatic hydroxyl groups is 1. The van der Waals surface area contributed by atoms with Crippen LogP contribution in [0.1, 0.15) is 26.7 Å². The van der Waals surface area contributed by atoms with E-state index in [4.69, 9.17) is 4.74 Å². The molecule has 0 aromatic heterocycles. The Balaban J connectivity index is 1.49. The number of ether oxygens (including phenoxy) is 1. The van der Waals surface area contributed by atoms with Gasteiger partial charge in [-0.1, -0.05) is 74.9 Å². The molecule has 6 rings (SSSR count). The molecule has 8 heteroatoms. The van der Waals surface area contributed by atoms with E-state index < -0.39 is 28.7 Å². The Morgan fingerprint density at radius 3 is 2.67 bits per heavy atom. The van der Waals surface area contributed by atoms with Gasteiger partial charge in [-0.15, -0.1) is 11.8 Å². The minimum atomic E-state index is -0.941. The number of aliphatic hydroxyl groups excluding tert-OH is 1. The van der Waals surface area contributed by atoms with Crippen LogP contribution in [0.25, 0.3) is 10.8 Å². The van der Waals surface area contributed by atoms with Gasteiger partial charge in [0.05, 0.1) is 35.8 Å². The second-order valence-corrected chi connectivity index (χ2v) is 12.5. The molecule has 39 heavy (non-hydrogen) atoms. The Labute approximate surface area is 232 Å². The molecule has 2 saturated heterocycles. The van der Waals surface area contributed by atoms with E-state index in [0.29, 0.717) is 13.0 Å². The monoisotopic (exact) mass is 546 g/mol. The molecule has 204 valence electrons. The van der Waals surface area contributed by atoms with Crippen LogP contribution in [0.3, 0.4) is 0 Å². The summed E-state index contributed by atoms with van der Waals surface area (Å²) < 4.78 is 4.63. The summed E-state index contributed by atoms with van der Waals surface area (Å²) in [6, 6.07) is 12.6. The van der Waals surface area contributed by atoms with Gasteiger partial charge in [0.15, 0.2) is 0 Å². The van der Waals surface area contributed by atoms with E-state index in [9.17, 15) is 19.5 Å². The van der Waals surface area contributed by atoms with Gasteiger partial charge in [-0.25, -0.2) is 0 Å². The zero-order valence-corrected chi connectivity index (χ0v) is 23.0. The topological polar surface area (TPSA) is 87.2 Å². The van der Waals surface area contributed by atoms with Gasteiger partial charge < -0.3 is 19.6 Å². The van der Waals surface area contributed by atoms with Crippen molar-refractivity contribution < 1.29 is 24.2 Å². The van der Waals surface area contributed by atoms with Gasteiger partial charge in [-0.3, -0.25) is 14.4 Å². The number of nitrogens with zero attached hydrogens (tertiary/aromatic N) is 2. The van der Waals surface area contributed by atoms with E-state index in [1.165, 1.54) is 11.8 Å². The van der Waals surface area contributed by atoms with E-state index in [0.717, 1.165) is 22.9 Å². The first-order valence-electron chi connectivity index (χ1n) is 13.8. The van der Waals surface area contributed by atoms with Gasteiger partial charge >= 0.3 is 5.97 Å². The first-order valence-corrected chi connectivity index (χ1v) is 14.7. The molecule has 0 bridgehead atoms. The number of rotatable bonds is 5. The lowest BCUT2D eigenvalue weighted by atomic mass is 9.78. The fraction of sp³-hybridized carbons (Fsp3) is 0.452. The predicted molar refractivity (Wildman–Crippen MR) is 152 cm³/mol. The normalized spacial score (nSPS) is 31.7. The van der Waals surface area contributed by atoms with Crippen molar-refractivity contribution in [2.75, 3.05) is 24.7 Å². The molecule has 2 aromatic carbocycles. The molecular formula is C31H34N2O5S. The van der Waals surface area contributed by atoms with E-state index in [1.807, 2.05) is 80.6 Å². The molecule has 0 aliphatic carbocycles. The van der Waals surface area contributed by atoms with Crippen molar-refractivity contribution in [3.63, 3.8) is 0 Å². The number of hydrogen-bond acceptors (Lipinski definition) is 6. The fourth-order valence-electron chi connectivity index (χ4n) is 6.79. The molecule has 7 nitrogen and oxygen atoms in total. The van der Waals surface area contributed by atoms with Crippen LogP contribution in [0, 0.1) is 17.8 Å². The number of carbonyl (C=O) groups excluding carboxylic acids is 3. The maximum absolute atomic E-state index is 14.7. The number of benzene rings is 2. The van der Waals surface area contributed by atoms with Crippen LogP contribution in [0.5, 0.6) is 0 Å². The number of fused-ring (bicyclic) bond motifs is 3. The van der Waals surface area contributed by atoms with Crippen LogP contribution in [0.2, 0.25) is 0 Å². The summed E-state index contributed by atoms with van der Waals surface area (Å²) in [5, 5.41) is 12.4. The van der Waals surface area contributed by atoms with Gasteiger partial charge in [0.25, 0.3) is 5.91 Å². The summed E-state index contributed by atoms with van der Waals surface area (Å²) in [5.41, 5.74) is 0.758. The Hall–Kier alpha value is -3.10. The second-order valence-electron chi connectivity index (χ2n) is 11.0. The van der Waals surface area contributed by atoms with Crippen molar-refractivity contribution >= 4 is 46.0 Å². The molecule has 2 amide bonds. The average Bonchev–Trinajstić information content (AvgIpc) is 3.32. The Kier molecular flexibility index (Phi) is 6.79. The van der Waals surface area contributed by atoms with Crippen molar-refractivity contribution in [2.45, 2.75) is 48.8 Å². The zero-order valence-electron chi connectivity index (χ0n) is 22.2. The lowest BCUT2D eigenvalue weighted by Gasteiger charge is -2.40. The summed E-state index contributed by atoms with van der Waals surface area (Å²) >= 11 is 1.53. The number of likely N-dealkylation sites (tertiary alicyclic amines) is 1. The number of thioether (sulfide) groups is 1. The summed E-state index contributed by atoms with van der Waals surface area (Å²) in [4.78, 5) is 45.8. The molecule has 4 aliphatic rings. The van der Waals surface area contributed by atoms with Gasteiger partial charge in [-0.2, -0.15) is 0 Å². The first kappa shape index (κ1) is 26.1. The first-order chi connectivity index (χ1) is 18.9. The molecule has 0 saturated carbocycles. The second kappa shape index (κ2) is 10.1. The highest BCUT2D eigenvalue weighted by Gasteiger charge is 2.72. The third-order valence-corrected chi connectivity index (χ3v) is 10.7. The predicted octanol–water partition coefficient (Wildman–Crippen LogP) is 3.95. The molecule has 2 fully saturated rings. The highest BCUT2D eigenvalue weighted by Crippen LogP contribution is 2.61. The zero-order chi connectivity index (χ0) is 27.3. The van der Waals surface area contributed by atoms with Crippen LogP contribution in [-0.4, -0.2) is 69.6 Å². The quantitative estimate of drug-likeness (QED) is 0.452. The van der Waals surface area contributed by atoms with E-state index >= 15 is 0 Å². The number of esters is 1. The molecule has 1 N–H and O–H groups in total. The standard InChI is InChI=1S/C31H34N2O5S/c1-3-19(2)23(18-34)33-27-29(36)32(22-13-12-20-9-4-5-10-21(20)17-22)15-8-14-31(27)26(28(33)35)25-24(39-31)11-6-7-16-38-30(25)37/h4-6,8-14,17,19,23-27,34H,3,7,15-16,18H2,1-2H3/t19-,23-,24+,25-,26-,27?,31-/m0/s1. The van der Waals surface area contributed by atoms with Crippen LogP contribution in [0.4, 0.5) is 5.69 Å². The van der Waals surface area contributed by atoms with Crippen molar-refractivity contribution in [1.29, 1.82) is 0 Å². The molecule has 2 aromatic rings. The third-order valence-electron chi connectivity index (χ3n) is 8.95. The van der Waals surface area contributed by atoms with Gasteiger partial charge in [0.1, 0.15) is 6.04 Å². The molecule has 1 unspecified atom stereocenters. The minimum absolute atomic E-state index is 0.0334. The smallest absolute Gasteiger partial charge is 0.311 e. The van der Waals surface area contributed by atoms with Gasteiger partial charge in [0.2, 0.25) is 5.91 Å². The van der Waals surface area contributed by atoms with Crippen LogP contribution < -0.4 is 4.90 Å². The Bertz CT molecular complexity index is 1370. The Morgan fingerprint density at radius 1 is 1.10 bits per heavy atom. The van der Waals surface area contributed by atoms with E-state index in [2.05, 4.69) is 0 Å². The minimum Gasteiger partial charge on any atom is -0.465 e. The summed E-state index contributed by atoms with van der Waals surface area (Å²) in [6.07, 6.45) is 9.35. The molecule has 4 heterocycles. The van der Waals surface area contributed by atoms with Crippen LogP contribution >= 0.6 is 11.8 Å². The van der Waals surface area contributed by atoms with E-state index in [1.54, 1.807) is 9.80 Å². The summed E-state index contributed by atoms with van der Waals surface area (Å²) in [7, 11) is 0. The highest BCUT2D eigenvalue weighted by atomic mass is 32.2. The molecule has 4 aliphatic heterocycles. The fourth-order valence-corrected chi connectivity index (χ4v) is 8.78. The van der Waals surface area contributed by atoms with Crippen molar-refractivity contribution in [2.24, 2.45) is 17.8 Å². The SMILES string of the molecule is CC[C@H](C)[C@H](CO)N1C(=O)[C@@H]2[C@H]3C(=O)OCCC=C[C@H]3S[C@@]23C=CCN(c2ccc4ccccc4c2)C(=O)C13. The Morgan fingerprint density at radius 2 is 1.90 bits per heavy atom. The number of carbonyl (C=O) groups is 3. The summed E-state index contributed by atoms with van der Waals surface area (Å²) in [6.45, 7) is 4.39. The number of amides is 2. The highest BCUT2D eigenvalue weighted by molar-refractivity contribution is 8.02. The van der Waals surface area contributed by atoms with Crippen molar-refractivity contribution in [3.8, 4) is 0 Å². The summed E-state index contributed by atoms with van der Waals surface area (Å²) in [5.74, 6) is -2.28.